The van der Waals surface area contributed by atoms with Gasteiger partial charge in [0.05, 0.1) is 51.5 Å². The molecule has 4 rings (SSSR count). The number of nitriles is 1. The molecular formula is C25H29F2IN9O2P. The van der Waals surface area contributed by atoms with Gasteiger partial charge in [0.1, 0.15) is 6.07 Å². The SMILES string of the molecule is CN=C1CN(C)CC(C(F)F)Oc2c(c(C)nn2C)-c2cc3c(nn(PI)c3c(C)n2)/C=C/C1=C(/N)OCC#N. The van der Waals surface area contributed by atoms with Crippen molar-refractivity contribution in [3.05, 3.63) is 40.7 Å². The fourth-order valence-electron chi connectivity index (χ4n) is 4.61. The van der Waals surface area contributed by atoms with Gasteiger partial charge in [0.25, 0.3) is 6.43 Å². The molecule has 1 aliphatic rings. The zero-order chi connectivity index (χ0) is 29.1. The highest BCUT2D eigenvalue weighted by molar-refractivity contribution is 14.2. The van der Waals surface area contributed by atoms with Crippen LogP contribution in [0.1, 0.15) is 17.1 Å². The molecule has 0 amide bonds. The second-order valence-corrected chi connectivity index (χ2v) is 11.2. The molecule has 0 aromatic carbocycles. The fraction of sp³-hybridized carbons (Fsp3) is 0.400. The molecule has 0 spiro atoms. The lowest BCUT2D eigenvalue weighted by Gasteiger charge is -2.25. The highest BCUT2D eigenvalue weighted by Crippen LogP contribution is 2.38. The van der Waals surface area contributed by atoms with Gasteiger partial charge in [-0.1, -0.05) is 0 Å². The number of allylic oxidation sites excluding steroid dienone is 1. The van der Waals surface area contributed by atoms with Crippen LogP contribution in [0.2, 0.25) is 0 Å². The Kier molecular flexibility index (Phi) is 9.37. The van der Waals surface area contributed by atoms with Gasteiger partial charge >= 0.3 is 0 Å². The van der Waals surface area contributed by atoms with Crippen molar-refractivity contribution in [1.29, 1.82) is 5.26 Å². The van der Waals surface area contributed by atoms with Gasteiger partial charge in [0.2, 0.25) is 5.88 Å². The summed E-state index contributed by atoms with van der Waals surface area (Å²) in [5.41, 5.74) is 11.0. The fourth-order valence-corrected chi connectivity index (χ4v) is 6.17. The molecule has 0 saturated carbocycles. The van der Waals surface area contributed by atoms with Gasteiger partial charge in [-0.05, 0) is 61.2 Å². The van der Waals surface area contributed by atoms with Crippen molar-refractivity contribution < 1.29 is 18.3 Å². The number of hydrogen-bond acceptors (Lipinski definition) is 9. The summed E-state index contributed by atoms with van der Waals surface area (Å²) in [6.45, 7) is 3.45. The Labute approximate surface area is 245 Å². The molecule has 15 heteroatoms. The summed E-state index contributed by atoms with van der Waals surface area (Å²) < 4.78 is 43.4. The van der Waals surface area contributed by atoms with Crippen LogP contribution >= 0.6 is 28.4 Å². The van der Waals surface area contributed by atoms with Crippen LogP contribution in [0.3, 0.4) is 0 Å². The van der Waals surface area contributed by atoms with Gasteiger partial charge in [0, 0.05) is 32.6 Å². The zero-order valence-electron chi connectivity index (χ0n) is 22.6. The monoisotopic (exact) mass is 683 g/mol. The average Bonchev–Trinajstić information content (AvgIpc) is 3.41. The second-order valence-electron chi connectivity index (χ2n) is 9.18. The van der Waals surface area contributed by atoms with E-state index in [2.05, 4.69) is 32.1 Å². The van der Waals surface area contributed by atoms with Crippen LogP contribution in [0.25, 0.3) is 28.2 Å². The third kappa shape index (κ3) is 5.96. The molecule has 11 nitrogen and oxygen atoms in total. The largest absolute Gasteiger partial charge is 0.467 e. The minimum absolute atomic E-state index is 0.00933. The summed E-state index contributed by atoms with van der Waals surface area (Å²) >= 11 is 2.25. The summed E-state index contributed by atoms with van der Waals surface area (Å²) in [5, 5.41) is 19.1. The van der Waals surface area contributed by atoms with Crippen LogP contribution in [0, 0.1) is 25.2 Å². The summed E-state index contributed by atoms with van der Waals surface area (Å²) in [6.07, 6.45) is -0.426. The van der Waals surface area contributed by atoms with E-state index in [1.807, 2.05) is 23.5 Å². The highest BCUT2D eigenvalue weighted by Gasteiger charge is 2.30. The number of fused-ring (bicyclic) bond motifs is 3. The minimum Gasteiger partial charge on any atom is -0.467 e. The quantitative estimate of drug-likeness (QED) is 0.248. The van der Waals surface area contributed by atoms with E-state index in [9.17, 15) is 8.78 Å². The maximum absolute atomic E-state index is 14.3. The maximum atomic E-state index is 14.3. The normalized spacial score (nSPS) is 20.0. The van der Waals surface area contributed by atoms with Crippen LogP contribution < -0.4 is 10.5 Å². The molecule has 2 unspecified atom stereocenters. The summed E-state index contributed by atoms with van der Waals surface area (Å²) in [6, 6.07) is 3.77. The van der Waals surface area contributed by atoms with Crippen molar-refractivity contribution in [2.75, 3.05) is 33.8 Å². The number of likely N-dealkylation sites (N-methyl/N-ethyl adjacent to an activating group) is 1. The van der Waals surface area contributed by atoms with E-state index in [4.69, 9.17) is 30.6 Å². The standard InChI is InChI=1S/C25H29F2IN9O2P/c1-13-21-18-10-16-17(34-37(40-28)22(16)14(2)32-18)7-6-15(24(30)38-9-8-29)19(31-3)11-35(4)12-20(23(26)27)39-25(21)36(5)33-13/h6-7,10,20,23,40H,9,11-12,30H2,1-5H3/b7-6+,24-15+,31-19?. The first-order chi connectivity index (χ1) is 19.1. The Morgan fingerprint density at radius 2 is 2.08 bits per heavy atom. The number of aliphatic imine (C=N–C) groups is 1. The lowest BCUT2D eigenvalue weighted by atomic mass is 10.1. The van der Waals surface area contributed by atoms with Gasteiger partial charge in [0.15, 0.2) is 18.6 Å². The first kappa shape index (κ1) is 29.8. The van der Waals surface area contributed by atoms with Crippen molar-refractivity contribution in [3.8, 4) is 23.2 Å². The molecule has 2 N–H and O–H groups in total. The van der Waals surface area contributed by atoms with Gasteiger partial charge in [-0.2, -0.15) is 15.5 Å². The summed E-state index contributed by atoms with van der Waals surface area (Å²) in [5.74, 6) is 0.196. The van der Waals surface area contributed by atoms with E-state index in [1.54, 1.807) is 45.1 Å². The number of hydrogen-bond donors (Lipinski definition) is 1. The van der Waals surface area contributed by atoms with Crippen molar-refractivity contribution in [1.82, 2.24) is 29.2 Å². The van der Waals surface area contributed by atoms with E-state index in [-0.39, 0.29) is 31.5 Å². The third-order valence-corrected chi connectivity index (χ3v) is 8.22. The number of nitrogens with zero attached hydrogens (tertiary/aromatic N) is 8. The van der Waals surface area contributed by atoms with E-state index in [0.717, 1.165) is 16.6 Å². The van der Waals surface area contributed by atoms with E-state index in [0.29, 0.717) is 40.3 Å². The molecule has 0 fully saturated rings. The van der Waals surface area contributed by atoms with Gasteiger partial charge in [-0.3, -0.25) is 14.9 Å². The van der Waals surface area contributed by atoms with Crippen LogP contribution in [-0.2, 0) is 11.8 Å². The Balaban J connectivity index is 2.03. The molecule has 4 heterocycles. The van der Waals surface area contributed by atoms with Crippen molar-refractivity contribution >= 4 is 51.1 Å². The van der Waals surface area contributed by atoms with Crippen LogP contribution in [-0.4, -0.2) is 81.2 Å². The Morgan fingerprint density at radius 1 is 1.32 bits per heavy atom. The Bertz CT molecular complexity index is 1560. The zero-order valence-corrected chi connectivity index (χ0v) is 25.8. The number of aryl methyl sites for hydroxylation is 3. The topological polar surface area (TPSA) is 132 Å². The number of nitrogens with two attached hydrogens (primary N) is 1. The van der Waals surface area contributed by atoms with Crippen LogP contribution in [0.5, 0.6) is 5.88 Å². The molecule has 3 aromatic rings. The molecule has 2 bridgehead atoms. The van der Waals surface area contributed by atoms with Gasteiger partial charge in [-0.25, -0.2) is 17.9 Å². The van der Waals surface area contributed by atoms with Crippen molar-refractivity contribution in [3.63, 3.8) is 0 Å². The van der Waals surface area contributed by atoms with Gasteiger partial charge < -0.3 is 15.2 Å². The lowest BCUT2D eigenvalue weighted by molar-refractivity contribution is -0.00624. The number of alkyl halides is 2. The number of rotatable bonds is 4. The molecular weight excluding hydrogens is 654 g/mol. The molecule has 212 valence electrons. The number of ether oxygens (including phenoxy) is 2. The third-order valence-electron chi connectivity index (χ3n) is 6.37. The predicted octanol–water partition coefficient (Wildman–Crippen LogP) is 3.99. The van der Waals surface area contributed by atoms with Crippen molar-refractivity contribution in [2.45, 2.75) is 26.4 Å². The Hall–Kier alpha value is -3.15. The summed E-state index contributed by atoms with van der Waals surface area (Å²) in [7, 11) is 4.92. The maximum Gasteiger partial charge on any atom is 0.276 e. The van der Waals surface area contributed by atoms with Gasteiger partial charge in [-0.15, -0.1) is 0 Å². The molecule has 0 radical (unpaired) electrons. The summed E-state index contributed by atoms with van der Waals surface area (Å²) in [4.78, 5) is 10.9. The second kappa shape index (κ2) is 12.6. The van der Waals surface area contributed by atoms with Crippen LogP contribution in [0.4, 0.5) is 8.78 Å². The first-order valence-corrected chi connectivity index (χ1v) is 16.2. The van der Waals surface area contributed by atoms with E-state index < -0.39 is 12.5 Å². The van der Waals surface area contributed by atoms with Crippen molar-refractivity contribution in [2.24, 2.45) is 17.8 Å². The van der Waals surface area contributed by atoms with E-state index in [1.165, 1.54) is 4.68 Å². The molecule has 40 heavy (non-hydrogen) atoms. The molecule has 1 aliphatic heterocycles. The highest BCUT2D eigenvalue weighted by atomic mass is 127. The molecule has 0 saturated heterocycles. The number of pyridine rings is 1. The molecule has 2 atom stereocenters. The molecule has 0 aliphatic carbocycles. The average molecular weight is 683 g/mol. The molecule has 3 aromatic heterocycles. The number of halogens is 3. The first-order valence-electron chi connectivity index (χ1n) is 12.2. The Morgan fingerprint density at radius 3 is 2.73 bits per heavy atom. The smallest absolute Gasteiger partial charge is 0.276 e. The number of aromatic nitrogens is 5. The minimum atomic E-state index is -2.78. The lowest BCUT2D eigenvalue weighted by Crippen LogP contribution is -2.41. The van der Waals surface area contributed by atoms with Crippen LogP contribution in [0.15, 0.2) is 28.6 Å². The van der Waals surface area contributed by atoms with E-state index >= 15 is 0 Å². The predicted molar refractivity (Wildman–Crippen MR) is 160 cm³/mol.